The van der Waals surface area contributed by atoms with Gasteiger partial charge in [0.25, 0.3) is 5.91 Å². The van der Waals surface area contributed by atoms with E-state index in [0.29, 0.717) is 17.9 Å². The molecule has 2 heterocycles. The summed E-state index contributed by atoms with van der Waals surface area (Å²) >= 11 is 0. The lowest BCUT2D eigenvalue weighted by Crippen LogP contribution is -2.46. The van der Waals surface area contributed by atoms with Crippen LogP contribution >= 0.6 is 0 Å². The van der Waals surface area contributed by atoms with Gasteiger partial charge in [-0.3, -0.25) is 14.6 Å². The molecule has 0 bridgehead atoms. The quantitative estimate of drug-likeness (QED) is 0.893. The number of piperidine rings is 1. The third-order valence-electron chi connectivity index (χ3n) is 5.60. The van der Waals surface area contributed by atoms with E-state index in [1.165, 1.54) is 32.1 Å². The molecule has 0 spiro atoms. The predicted octanol–water partition coefficient (Wildman–Crippen LogP) is 3.16. The molecular weight excluding hydrogens is 314 g/mol. The van der Waals surface area contributed by atoms with E-state index < -0.39 is 0 Å². The number of hydrogen-bond acceptors (Lipinski definition) is 3. The van der Waals surface area contributed by atoms with E-state index in [4.69, 9.17) is 0 Å². The molecule has 1 N–H and O–H groups in total. The molecule has 0 unspecified atom stereocenters. The Kier molecular flexibility index (Phi) is 6.42. The minimum Gasteiger partial charge on any atom is -0.349 e. The highest BCUT2D eigenvalue weighted by Gasteiger charge is 2.24. The molecule has 2 amide bonds. The van der Waals surface area contributed by atoms with Crippen LogP contribution in [-0.2, 0) is 4.79 Å². The Balaban J connectivity index is 1.37. The average molecular weight is 343 g/mol. The van der Waals surface area contributed by atoms with Crippen LogP contribution < -0.4 is 5.32 Å². The van der Waals surface area contributed by atoms with E-state index in [1.54, 1.807) is 24.5 Å². The number of amides is 2. The van der Waals surface area contributed by atoms with E-state index in [1.807, 2.05) is 4.90 Å². The van der Waals surface area contributed by atoms with Gasteiger partial charge in [0.1, 0.15) is 0 Å². The Labute approximate surface area is 150 Å². The van der Waals surface area contributed by atoms with Crippen molar-refractivity contribution in [2.75, 3.05) is 13.1 Å². The van der Waals surface area contributed by atoms with Crippen molar-refractivity contribution in [3.63, 3.8) is 0 Å². The molecule has 2 fully saturated rings. The van der Waals surface area contributed by atoms with Gasteiger partial charge in [-0.15, -0.1) is 0 Å². The van der Waals surface area contributed by atoms with Crippen molar-refractivity contribution in [2.45, 2.75) is 63.8 Å². The van der Waals surface area contributed by atoms with E-state index in [0.717, 1.165) is 38.3 Å². The lowest BCUT2D eigenvalue weighted by atomic mass is 9.86. The van der Waals surface area contributed by atoms with Crippen molar-refractivity contribution < 1.29 is 9.59 Å². The second-order valence-electron chi connectivity index (χ2n) is 7.41. The second kappa shape index (κ2) is 8.97. The molecule has 1 aromatic heterocycles. The summed E-state index contributed by atoms with van der Waals surface area (Å²) in [5.74, 6) is 0.979. The minimum absolute atomic E-state index is 0.0739. The fraction of sp³-hybridized carbons (Fsp3) is 0.650. The first-order chi connectivity index (χ1) is 12.2. The fourth-order valence-electron chi connectivity index (χ4n) is 4.00. The Morgan fingerprint density at radius 3 is 2.56 bits per heavy atom. The van der Waals surface area contributed by atoms with Crippen molar-refractivity contribution in [3.8, 4) is 0 Å². The molecule has 1 aliphatic heterocycles. The summed E-state index contributed by atoms with van der Waals surface area (Å²) in [6.07, 6.45) is 13.3. The third kappa shape index (κ3) is 5.28. The number of likely N-dealkylation sites (tertiary alicyclic amines) is 1. The van der Waals surface area contributed by atoms with Gasteiger partial charge in [0.2, 0.25) is 5.91 Å². The summed E-state index contributed by atoms with van der Waals surface area (Å²) in [6, 6.07) is 3.68. The van der Waals surface area contributed by atoms with Gasteiger partial charge in [0, 0.05) is 37.9 Å². The number of pyridine rings is 1. The molecule has 1 saturated carbocycles. The molecular formula is C20H29N3O2. The highest BCUT2D eigenvalue weighted by atomic mass is 16.2. The molecule has 25 heavy (non-hydrogen) atoms. The van der Waals surface area contributed by atoms with Gasteiger partial charge < -0.3 is 10.2 Å². The molecule has 2 aliphatic rings. The average Bonchev–Trinajstić information content (AvgIpc) is 2.68. The lowest BCUT2D eigenvalue weighted by molar-refractivity contribution is -0.132. The summed E-state index contributed by atoms with van der Waals surface area (Å²) in [5, 5.41) is 3.06. The maximum atomic E-state index is 12.4. The molecule has 136 valence electrons. The van der Waals surface area contributed by atoms with Gasteiger partial charge in [-0.1, -0.05) is 32.1 Å². The van der Waals surface area contributed by atoms with E-state index in [2.05, 4.69) is 10.3 Å². The first kappa shape index (κ1) is 17.9. The van der Waals surface area contributed by atoms with Crippen LogP contribution in [0.15, 0.2) is 24.5 Å². The first-order valence-electron chi connectivity index (χ1n) is 9.71. The van der Waals surface area contributed by atoms with Crippen LogP contribution in [0.25, 0.3) is 0 Å². The summed E-state index contributed by atoms with van der Waals surface area (Å²) in [7, 11) is 0. The zero-order valence-electron chi connectivity index (χ0n) is 15.0. The number of nitrogens with one attached hydrogen (secondary N) is 1. The molecule has 5 nitrogen and oxygen atoms in total. The molecule has 1 aromatic rings. The number of rotatable bonds is 5. The standard InChI is InChI=1S/C20H29N3O2/c24-19(9-8-16-5-2-1-3-6-16)23-13-10-18(11-14-23)22-20(25)17-7-4-12-21-15-17/h4,7,12,15-16,18H,1-3,5-6,8-11,13-14H2,(H,22,25). The Hall–Kier alpha value is -1.91. The zero-order chi connectivity index (χ0) is 17.5. The smallest absolute Gasteiger partial charge is 0.253 e. The summed E-state index contributed by atoms with van der Waals surface area (Å²) in [6.45, 7) is 1.50. The van der Waals surface area contributed by atoms with Crippen molar-refractivity contribution >= 4 is 11.8 Å². The normalized spacial score (nSPS) is 19.6. The lowest BCUT2D eigenvalue weighted by Gasteiger charge is -2.33. The molecule has 0 radical (unpaired) electrons. The molecule has 0 aromatic carbocycles. The maximum Gasteiger partial charge on any atom is 0.253 e. The molecule has 5 heteroatoms. The fourth-order valence-corrected chi connectivity index (χ4v) is 4.00. The number of aromatic nitrogens is 1. The monoisotopic (exact) mass is 343 g/mol. The van der Waals surface area contributed by atoms with Crippen molar-refractivity contribution in [3.05, 3.63) is 30.1 Å². The van der Waals surface area contributed by atoms with Gasteiger partial charge in [0.15, 0.2) is 0 Å². The molecule has 1 aliphatic carbocycles. The van der Waals surface area contributed by atoms with Gasteiger partial charge in [0.05, 0.1) is 5.56 Å². The molecule has 3 rings (SSSR count). The summed E-state index contributed by atoms with van der Waals surface area (Å²) in [5.41, 5.74) is 0.591. The SMILES string of the molecule is O=C(NC1CCN(C(=O)CCC2CCCCC2)CC1)c1cccnc1. The highest BCUT2D eigenvalue weighted by molar-refractivity contribution is 5.94. The highest BCUT2D eigenvalue weighted by Crippen LogP contribution is 2.27. The largest absolute Gasteiger partial charge is 0.349 e. The third-order valence-corrected chi connectivity index (χ3v) is 5.60. The summed E-state index contributed by atoms with van der Waals surface area (Å²) in [4.78, 5) is 30.6. The number of carbonyl (C=O) groups is 2. The van der Waals surface area contributed by atoms with Gasteiger partial charge in [-0.2, -0.15) is 0 Å². The van der Waals surface area contributed by atoms with E-state index in [-0.39, 0.29) is 11.9 Å². The van der Waals surface area contributed by atoms with Crippen molar-refractivity contribution in [2.24, 2.45) is 5.92 Å². The minimum atomic E-state index is -0.0739. The second-order valence-corrected chi connectivity index (χ2v) is 7.41. The Bertz CT molecular complexity index is 562. The van der Waals surface area contributed by atoms with Crippen LogP contribution in [0.5, 0.6) is 0 Å². The van der Waals surface area contributed by atoms with Crippen LogP contribution in [0.4, 0.5) is 0 Å². The van der Waals surface area contributed by atoms with Crippen molar-refractivity contribution in [1.29, 1.82) is 0 Å². The first-order valence-corrected chi connectivity index (χ1v) is 9.71. The maximum absolute atomic E-state index is 12.4. The van der Waals surface area contributed by atoms with Crippen LogP contribution in [0.2, 0.25) is 0 Å². The number of carbonyl (C=O) groups excluding carboxylic acids is 2. The van der Waals surface area contributed by atoms with Crippen LogP contribution in [-0.4, -0.2) is 40.8 Å². The number of nitrogens with zero attached hydrogens (tertiary/aromatic N) is 2. The van der Waals surface area contributed by atoms with Gasteiger partial charge >= 0.3 is 0 Å². The topological polar surface area (TPSA) is 62.3 Å². The van der Waals surface area contributed by atoms with Gasteiger partial charge in [-0.05, 0) is 37.3 Å². The molecule has 0 atom stereocenters. The number of hydrogen-bond donors (Lipinski definition) is 1. The predicted molar refractivity (Wildman–Crippen MR) is 97.1 cm³/mol. The van der Waals surface area contributed by atoms with Gasteiger partial charge in [-0.25, -0.2) is 0 Å². The van der Waals surface area contributed by atoms with Crippen LogP contribution in [0.3, 0.4) is 0 Å². The van der Waals surface area contributed by atoms with Crippen molar-refractivity contribution in [1.82, 2.24) is 15.2 Å². The van der Waals surface area contributed by atoms with E-state index in [9.17, 15) is 9.59 Å². The zero-order valence-corrected chi connectivity index (χ0v) is 15.0. The Morgan fingerprint density at radius 2 is 1.88 bits per heavy atom. The molecule has 1 saturated heterocycles. The Morgan fingerprint density at radius 1 is 1.12 bits per heavy atom. The van der Waals surface area contributed by atoms with Crippen LogP contribution in [0, 0.1) is 5.92 Å². The van der Waals surface area contributed by atoms with E-state index >= 15 is 0 Å². The van der Waals surface area contributed by atoms with Crippen LogP contribution in [0.1, 0.15) is 68.1 Å². The summed E-state index contributed by atoms with van der Waals surface area (Å²) < 4.78 is 0.